The highest BCUT2D eigenvalue weighted by Crippen LogP contribution is 2.24. The average Bonchev–Trinajstić information content (AvgIpc) is 3.52. The van der Waals surface area contributed by atoms with Gasteiger partial charge in [-0.1, -0.05) is 135 Å². The predicted molar refractivity (Wildman–Crippen MR) is 214 cm³/mol. The number of esters is 1. The molecular formula is C46H62O3S. The lowest BCUT2D eigenvalue weighted by molar-refractivity contribution is 0.0498. The third-order valence-corrected chi connectivity index (χ3v) is 9.81. The SMILES string of the molecule is CC#CC#Cc1sc(C#CC#Cc2cc(C)c(C)cc2OCCCCCCCCCCCC)cc1C(=O)OCCCCCCCCCCCC. The molecule has 0 amide bonds. The maximum absolute atomic E-state index is 13.0. The van der Waals surface area contributed by atoms with E-state index in [9.17, 15) is 4.79 Å². The summed E-state index contributed by atoms with van der Waals surface area (Å²) in [5.41, 5.74) is 3.65. The van der Waals surface area contributed by atoms with E-state index in [0.717, 1.165) is 35.5 Å². The first kappa shape index (κ1) is 42.6. The number of ether oxygens (including phenoxy) is 2. The van der Waals surface area contributed by atoms with Crippen LogP contribution in [0.5, 0.6) is 5.75 Å². The van der Waals surface area contributed by atoms with Gasteiger partial charge in [0, 0.05) is 0 Å². The highest BCUT2D eigenvalue weighted by molar-refractivity contribution is 7.13. The van der Waals surface area contributed by atoms with E-state index in [1.54, 1.807) is 13.0 Å². The minimum atomic E-state index is -0.357. The molecule has 2 aromatic rings. The minimum Gasteiger partial charge on any atom is -0.492 e. The molecule has 0 aliphatic carbocycles. The van der Waals surface area contributed by atoms with Gasteiger partial charge in [0.25, 0.3) is 0 Å². The molecule has 0 bridgehead atoms. The standard InChI is InChI=1S/C46H62O3S/c1-6-9-12-14-16-18-20-22-24-29-34-48-44-37-40(5)39(4)36-41(44)31-27-28-32-42-38-43(45(50-42)33-26-11-8-3)46(47)49-35-30-25-23-21-19-17-15-13-10-7-2/h36-38H,6-7,9-10,12-25,29-30,34-35H2,1-5H3. The van der Waals surface area contributed by atoms with Gasteiger partial charge in [0.15, 0.2) is 0 Å². The zero-order valence-electron chi connectivity index (χ0n) is 31.9. The molecule has 2 rings (SSSR count). The zero-order valence-corrected chi connectivity index (χ0v) is 32.7. The molecule has 1 heterocycles. The number of benzene rings is 1. The molecule has 0 fully saturated rings. The van der Waals surface area contributed by atoms with Crippen molar-refractivity contribution in [1.29, 1.82) is 0 Å². The number of carbonyl (C=O) groups excluding carboxylic acids is 1. The van der Waals surface area contributed by atoms with Gasteiger partial charge < -0.3 is 9.47 Å². The molecule has 270 valence electrons. The van der Waals surface area contributed by atoms with E-state index in [1.165, 1.54) is 132 Å². The summed E-state index contributed by atoms with van der Waals surface area (Å²) >= 11 is 1.37. The summed E-state index contributed by atoms with van der Waals surface area (Å²) in [4.78, 5) is 14.3. The minimum absolute atomic E-state index is 0.357. The Hall–Kier alpha value is -3.57. The fraction of sp³-hybridized carbons (Fsp3) is 0.587. The Morgan fingerprint density at radius 3 is 1.68 bits per heavy atom. The second-order valence-electron chi connectivity index (χ2n) is 13.3. The first-order chi connectivity index (χ1) is 24.5. The Morgan fingerprint density at radius 1 is 0.600 bits per heavy atom. The third kappa shape index (κ3) is 19.0. The van der Waals surface area contributed by atoms with Gasteiger partial charge >= 0.3 is 5.97 Å². The molecule has 0 unspecified atom stereocenters. The molecule has 3 nitrogen and oxygen atoms in total. The Balaban J connectivity index is 1.92. The summed E-state index contributed by atoms with van der Waals surface area (Å²) in [6.07, 6.45) is 25.4. The van der Waals surface area contributed by atoms with Crippen molar-refractivity contribution in [3.63, 3.8) is 0 Å². The van der Waals surface area contributed by atoms with Crippen LogP contribution < -0.4 is 4.74 Å². The summed E-state index contributed by atoms with van der Waals surface area (Å²) in [5, 5.41) is 0. The zero-order chi connectivity index (χ0) is 36.1. The monoisotopic (exact) mass is 694 g/mol. The lowest BCUT2D eigenvalue weighted by atomic mass is 10.1. The first-order valence-corrected chi connectivity index (χ1v) is 20.3. The van der Waals surface area contributed by atoms with Crippen molar-refractivity contribution in [1.82, 2.24) is 0 Å². The molecule has 0 aliphatic heterocycles. The molecule has 1 aromatic carbocycles. The van der Waals surface area contributed by atoms with E-state index in [2.05, 4.69) is 87.2 Å². The van der Waals surface area contributed by atoms with Crippen LogP contribution in [-0.2, 0) is 4.74 Å². The quantitative estimate of drug-likeness (QED) is 0.0623. The second kappa shape index (κ2) is 28.2. The second-order valence-corrected chi connectivity index (χ2v) is 14.3. The Labute approximate surface area is 310 Å². The van der Waals surface area contributed by atoms with Crippen molar-refractivity contribution >= 4 is 17.3 Å². The van der Waals surface area contributed by atoms with Gasteiger partial charge in [-0.2, -0.15) is 0 Å². The highest BCUT2D eigenvalue weighted by atomic mass is 32.1. The largest absolute Gasteiger partial charge is 0.492 e. The van der Waals surface area contributed by atoms with Crippen LogP contribution in [0.4, 0.5) is 0 Å². The number of thiophene rings is 1. The number of carbonyl (C=O) groups is 1. The topological polar surface area (TPSA) is 35.5 Å². The molecule has 0 aliphatic rings. The van der Waals surface area contributed by atoms with Crippen molar-refractivity contribution in [3.05, 3.63) is 50.2 Å². The fourth-order valence-corrected chi connectivity index (χ4v) is 6.50. The van der Waals surface area contributed by atoms with E-state index in [4.69, 9.17) is 9.47 Å². The normalized spacial score (nSPS) is 10.1. The molecule has 0 radical (unpaired) electrons. The van der Waals surface area contributed by atoms with Gasteiger partial charge in [0.1, 0.15) is 5.75 Å². The predicted octanol–water partition coefficient (Wildman–Crippen LogP) is 12.5. The summed E-state index contributed by atoms with van der Waals surface area (Å²) < 4.78 is 11.8. The van der Waals surface area contributed by atoms with Crippen LogP contribution in [0.2, 0.25) is 0 Å². The number of unbranched alkanes of at least 4 members (excludes halogenated alkanes) is 18. The van der Waals surface area contributed by atoms with Gasteiger partial charge in [-0.3, -0.25) is 0 Å². The number of rotatable bonds is 24. The van der Waals surface area contributed by atoms with Crippen LogP contribution in [0.25, 0.3) is 0 Å². The summed E-state index contributed by atoms with van der Waals surface area (Å²) in [6, 6.07) is 5.93. The molecule has 1 aromatic heterocycles. The summed E-state index contributed by atoms with van der Waals surface area (Å²) in [6.45, 7) is 11.6. The third-order valence-electron chi connectivity index (χ3n) is 8.84. The number of hydrogen-bond acceptors (Lipinski definition) is 4. The molecule has 0 N–H and O–H groups in total. The van der Waals surface area contributed by atoms with Crippen LogP contribution in [-0.4, -0.2) is 19.2 Å². The van der Waals surface area contributed by atoms with Crippen molar-refractivity contribution in [2.75, 3.05) is 13.2 Å². The molecule has 0 saturated carbocycles. The Bertz CT molecular complexity index is 1520. The summed E-state index contributed by atoms with van der Waals surface area (Å²) in [7, 11) is 0. The Kier molecular flexibility index (Phi) is 24.0. The van der Waals surface area contributed by atoms with Crippen LogP contribution in [0.3, 0.4) is 0 Å². The van der Waals surface area contributed by atoms with Crippen molar-refractivity contribution in [3.8, 4) is 53.1 Å². The smallest absolute Gasteiger partial charge is 0.340 e. The molecular weight excluding hydrogens is 633 g/mol. The lowest BCUT2D eigenvalue weighted by Gasteiger charge is -2.11. The van der Waals surface area contributed by atoms with Gasteiger partial charge in [-0.05, 0) is 104 Å². The van der Waals surface area contributed by atoms with Crippen molar-refractivity contribution < 1.29 is 14.3 Å². The maximum Gasteiger partial charge on any atom is 0.340 e. The molecule has 50 heavy (non-hydrogen) atoms. The van der Waals surface area contributed by atoms with E-state index < -0.39 is 0 Å². The van der Waals surface area contributed by atoms with Gasteiger partial charge in [-0.25, -0.2) is 4.79 Å². The van der Waals surface area contributed by atoms with Crippen LogP contribution in [0, 0.1) is 61.2 Å². The summed E-state index contributed by atoms with van der Waals surface area (Å²) in [5.74, 6) is 24.1. The van der Waals surface area contributed by atoms with E-state index in [0.29, 0.717) is 23.7 Å². The van der Waals surface area contributed by atoms with Crippen LogP contribution in [0.15, 0.2) is 18.2 Å². The average molecular weight is 695 g/mol. The lowest BCUT2D eigenvalue weighted by Crippen LogP contribution is -2.06. The van der Waals surface area contributed by atoms with Crippen LogP contribution >= 0.6 is 11.3 Å². The van der Waals surface area contributed by atoms with E-state index in [1.807, 2.05) is 0 Å². The number of aryl methyl sites for hydroxylation is 2. The van der Waals surface area contributed by atoms with Gasteiger partial charge in [0.05, 0.1) is 34.1 Å². The Morgan fingerprint density at radius 2 is 1.10 bits per heavy atom. The number of hydrogen-bond donors (Lipinski definition) is 0. The molecule has 4 heteroatoms. The molecule has 0 saturated heterocycles. The van der Waals surface area contributed by atoms with Crippen LogP contribution in [0.1, 0.15) is 186 Å². The maximum atomic E-state index is 13.0. The van der Waals surface area contributed by atoms with E-state index in [-0.39, 0.29) is 5.97 Å². The van der Waals surface area contributed by atoms with Crippen molar-refractivity contribution in [2.24, 2.45) is 0 Å². The molecule has 0 atom stereocenters. The fourth-order valence-electron chi connectivity index (χ4n) is 5.65. The highest BCUT2D eigenvalue weighted by Gasteiger charge is 2.16. The van der Waals surface area contributed by atoms with Gasteiger partial charge in [-0.15, -0.1) is 11.3 Å². The van der Waals surface area contributed by atoms with E-state index >= 15 is 0 Å². The van der Waals surface area contributed by atoms with Crippen molar-refractivity contribution in [2.45, 2.75) is 163 Å². The first-order valence-electron chi connectivity index (χ1n) is 19.5. The van der Waals surface area contributed by atoms with Gasteiger partial charge in [0.2, 0.25) is 0 Å². The molecule has 0 spiro atoms.